The number of unbranched alkanes of at least 4 members (excludes halogenated alkanes) is 24. The van der Waals surface area contributed by atoms with Crippen molar-refractivity contribution in [2.24, 2.45) is 0 Å². The first-order valence-corrected chi connectivity index (χ1v) is 27.7. The van der Waals surface area contributed by atoms with Gasteiger partial charge < -0.3 is 29.0 Å². The van der Waals surface area contributed by atoms with E-state index in [0.717, 1.165) is 84.6 Å². The highest BCUT2D eigenvalue weighted by atomic mass is 16.5. The third-order valence-electron chi connectivity index (χ3n) is 12.5. The molecule has 0 unspecified atom stereocenters. The minimum absolute atomic E-state index is 0.0263. The molecule has 1 N–H and O–H groups in total. The van der Waals surface area contributed by atoms with Gasteiger partial charge in [-0.3, -0.25) is 19.4 Å². The number of carbonyl (C=O) groups excluding carboxylic acids is 2. The summed E-state index contributed by atoms with van der Waals surface area (Å²) in [4.78, 5) is 32.4. The molecule has 0 bridgehead atoms. The van der Waals surface area contributed by atoms with Crippen molar-refractivity contribution in [2.75, 3.05) is 105 Å². The van der Waals surface area contributed by atoms with E-state index in [1.165, 1.54) is 167 Å². The minimum Gasteiger partial charge on any atom is -0.464 e. The Labute approximate surface area is 397 Å². The topological polar surface area (TPSA) is 101 Å². The van der Waals surface area contributed by atoms with Crippen molar-refractivity contribution < 1.29 is 33.6 Å². The lowest BCUT2D eigenvalue weighted by atomic mass is 10.1. The number of aliphatic hydroxyl groups is 1. The van der Waals surface area contributed by atoms with E-state index in [4.69, 9.17) is 24.1 Å². The predicted molar refractivity (Wildman–Crippen MR) is 270 cm³/mol. The maximum Gasteiger partial charge on any atom is 0.305 e. The van der Waals surface area contributed by atoms with E-state index in [1.54, 1.807) is 0 Å². The van der Waals surface area contributed by atoms with Crippen molar-refractivity contribution in [1.29, 1.82) is 0 Å². The number of carbonyl (C=O) groups is 2. The summed E-state index contributed by atoms with van der Waals surface area (Å²) in [6, 6.07) is 0. The summed E-state index contributed by atoms with van der Waals surface area (Å²) in [7, 11) is 0. The van der Waals surface area contributed by atoms with Crippen molar-refractivity contribution >= 4 is 11.9 Å². The Balaban J connectivity index is 4.21. The van der Waals surface area contributed by atoms with Gasteiger partial charge in [-0.15, -0.1) is 0 Å². The highest BCUT2D eigenvalue weighted by Crippen LogP contribution is 2.13. The van der Waals surface area contributed by atoms with Gasteiger partial charge in [0, 0.05) is 32.5 Å². The van der Waals surface area contributed by atoms with Crippen molar-refractivity contribution in [3.63, 3.8) is 0 Å². The summed E-state index contributed by atoms with van der Waals surface area (Å²) in [5.41, 5.74) is 0. The molecule has 0 aliphatic heterocycles. The summed E-state index contributed by atoms with van der Waals surface area (Å²) in [5, 5.41) is 8.92. The molecule has 10 nitrogen and oxygen atoms in total. The summed E-state index contributed by atoms with van der Waals surface area (Å²) in [6.45, 7) is 21.7. The van der Waals surface area contributed by atoms with Crippen molar-refractivity contribution in [3.05, 3.63) is 0 Å². The highest BCUT2D eigenvalue weighted by molar-refractivity contribution is 5.69. The lowest BCUT2D eigenvalue weighted by molar-refractivity contribution is -0.145. The van der Waals surface area contributed by atoms with E-state index < -0.39 is 0 Å². The van der Waals surface area contributed by atoms with Crippen molar-refractivity contribution in [3.8, 4) is 0 Å². The first-order valence-electron chi connectivity index (χ1n) is 27.7. The molecule has 0 rings (SSSR count). The summed E-state index contributed by atoms with van der Waals surface area (Å²) in [6.07, 6.45) is 37.8. The summed E-state index contributed by atoms with van der Waals surface area (Å²) < 4.78 is 22.5. The maximum absolute atomic E-state index is 12.4. The Morgan fingerprint density at radius 3 is 0.891 bits per heavy atom. The number of nitrogens with zero attached hydrogens (tertiary/aromatic N) is 3. The smallest absolute Gasteiger partial charge is 0.305 e. The van der Waals surface area contributed by atoms with Crippen LogP contribution in [-0.2, 0) is 28.5 Å². The predicted octanol–water partition coefficient (Wildman–Crippen LogP) is 12.6. The average Bonchev–Trinajstić information content (AvgIpc) is 3.29. The normalized spacial score (nSPS) is 11.8. The van der Waals surface area contributed by atoms with Gasteiger partial charge in [-0.1, -0.05) is 169 Å². The molecule has 0 atom stereocenters. The molecule has 64 heavy (non-hydrogen) atoms. The molecule has 0 heterocycles. The second-order valence-corrected chi connectivity index (χ2v) is 18.6. The SMILES string of the molecule is CCCCCCN(CCCCCC)CCOC(=O)CCCCCCCCCN(CCCCCCCCCC(=O)OCCN(CCCCCC)CCCCCC)CCOCCOCCO. The zero-order valence-corrected chi connectivity index (χ0v) is 43.2. The van der Waals surface area contributed by atoms with Crippen LogP contribution >= 0.6 is 0 Å². The van der Waals surface area contributed by atoms with E-state index in [-0.39, 0.29) is 18.5 Å². The standard InChI is InChI=1S/C54H109N3O7/c1-5-9-13-29-37-56(38-30-14-10-6-2)44-48-63-53(59)35-27-23-19-17-21-25-33-41-55(43-47-61-51-52-62-50-46-58)42-34-26-22-18-20-24-28-36-54(60)64-49-45-57(39-31-15-11-7-3)40-32-16-12-8-4/h58H,5-52H2,1-4H3. The van der Waals surface area contributed by atoms with Gasteiger partial charge in [-0.25, -0.2) is 0 Å². The van der Waals surface area contributed by atoms with Crippen LogP contribution in [0.4, 0.5) is 0 Å². The lowest BCUT2D eigenvalue weighted by Gasteiger charge is -2.22. The number of hydrogen-bond donors (Lipinski definition) is 1. The van der Waals surface area contributed by atoms with E-state index in [1.807, 2.05) is 0 Å². The van der Waals surface area contributed by atoms with E-state index in [2.05, 4.69) is 42.4 Å². The van der Waals surface area contributed by atoms with Crippen LogP contribution in [-0.4, -0.2) is 137 Å². The molecule has 0 fully saturated rings. The van der Waals surface area contributed by atoms with Gasteiger partial charge in [0.1, 0.15) is 13.2 Å². The van der Waals surface area contributed by atoms with Crippen LogP contribution in [0, 0.1) is 0 Å². The van der Waals surface area contributed by atoms with Crippen LogP contribution in [0.3, 0.4) is 0 Å². The number of ether oxygens (including phenoxy) is 4. The molecule has 0 aromatic carbocycles. The quantitative estimate of drug-likeness (QED) is 0.0469. The van der Waals surface area contributed by atoms with E-state index in [9.17, 15) is 9.59 Å². The molecule has 0 saturated heterocycles. The Kier molecular flexibility index (Phi) is 51.6. The number of hydrogen-bond acceptors (Lipinski definition) is 10. The van der Waals surface area contributed by atoms with Crippen molar-refractivity contribution in [1.82, 2.24) is 14.7 Å². The zero-order valence-electron chi connectivity index (χ0n) is 43.2. The molecular weight excluding hydrogens is 803 g/mol. The van der Waals surface area contributed by atoms with Crippen LogP contribution in [0.25, 0.3) is 0 Å². The zero-order chi connectivity index (χ0) is 46.7. The van der Waals surface area contributed by atoms with Crippen molar-refractivity contribution in [2.45, 2.75) is 233 Å². The van der Waals surface area contributed by atoms with Gasteiger partial charge >= 0.3 is 11.9 Å². The number of esters is 2. The largest absolute Gasteiger partial charge is 0.464 e. The number of aliphatic hydroxyl groups excluding tert-OH is 1. The highest BCUT2D eigenvalue weighted by Gasteiger charge is 2.11. The molecule has 0 aromatic rings. The third kappa shape index (κ3) is 47.2. The van der Waals surface area contributed by atoms with Crippen LogP contribution in [0.5, 0.6) is 0 Å². The van der Waals surface area contributed by atoms with E-state index >= 15 is 0 Å². The summed E-state index contributed by atoms with van der Waals surface area (Å²) >= 11 is 0. The molecule has 0 radical (unpaired) electrons. The fourth-order valence-electron chi connectivity index (χ4n) is 8.33. The van der Waals surface area contributed by atoms with E-state index in [0.29, 0.717) is 52.5 Å². The van der Waals surface area contributed by atoms with Gasteiger partial charge in [-0.2, -0.15) is 0 Å². The molecule has 10 heteroatoms. The Morgan fingerprint density at radius 2 is 0.578 bits per heavy atom. The van der Waals surface area contributed by atoms with Gasteiger partial charge in [0.2, 0.25) is 0 Å². The van der Waals surface area contributed by atoms with Gasteiger partial charge in [-0.05, 0) is 90.6 Å². The van der Waals surface area contributed by atoms with Crippen LogP contribution < -0.4 is 0 Å². The molecule has 0 saturated carbocycles. The molecule has 0 aliphatic carbocycles. The Morgan fingerprint density at radius 1 is 0.312 bits per heavy atom. The monoisotopic (exact) mass is 912 g/mol. The fraction of sp³-hybridized carbons (Fsp3) is 0.963. The molecule has 0 spiro atoms. The van der Waals surface area contributed by atoms with Crippen LogP contribution in [0.2, 0.25) is 0 Å². The Hall–Kier alpha value is -1.30. The fourth-order valence-corrected chi connectivity index (χ4v) is 8.33. The van der Waals surface area contributed by atoms with Gasteiger partial charge in [0.25, 0.3) is 0 Å². The Bertz CT molecular complexity index is 857. The lowest BCUT2D eigenvalue weighted by Crippen LogP contribution is -2.30. The maximum atomic E-state index is 12.4. The molecule has 0 aromatic heterocycles. The second kappa shape index (κ2) is 52.7. The van der Waals surface area contributed by atoms with Crippen LogP contribution in [0.15, 0.2) is 0 Å². The average molecular weight is 912 g/mol. The molecule has 0 aliphatic rings. The number of rotatable bonds is 54. The minimum atomic E-state index is -0.0263. The molecule has 0 amide bonds. The van der Waals surface area contributed by atoms with Gasteiger partial charge in [0.15, 0.2) is 0 Å². The van der Waals surface area contributed by atoms with Gasteiger partial charge in [0.05, 0.1) is 33.0 Å². The molecular formula is C54H109N3O7. The first-order chi connectivity index (χ1) is 31.5. The second-order valence-electron chi connectivity index (χ2n) is 18.6. The first kappa shape index (κ1) is 62.7. The molecule has 382 valence electrons. The van der Waals surface area contributed by atoms with Crippen LogP contribution in [0.1, 0.15) is 233 Å². The summed E-state index contributed by atoms with van der Waals surface area (Å²) in [5.74, 6) is -0.0525. The third-order valence-corrected chi connectivity index (χ3v) is 12.5.